The van der Waals surface area contributed by atoms with Gasteiger partial charge in [0.25, 0.3) is 5.91 Å². The molecule has 0 bridgehead atoms. The molecule has 0 aliphatic heterocycles. The third-order valence-corrected chi connectivity index (χ3v) is 3.27. The van der Waals surface area contributed by atoms with E-state index in [2.05, 4.69) is 20.8 Å². The molecular weight excluding hydrogens is 282 g/mol. The maximum Gasteiger partial charge on any atom is 0.412 e. The lowest BCUT2D eigenvalue weighted by molar-refractivity contribution is 0.0993. The number of nitrogens with zero attached hydrogens (tertiary/aromatic N) is 2. The molecule has 0 unspecified atom stereocenters. The summed E-state index contributed by atoms with van der Waals surface area (Å²) < 4.78 is 1.61. The number of carbonyl (C=O) groups excluding carboxylic acids is 1. The van der Waals surface area contributed by atoms with Crippen molar-refractivity contribution in [1.82, 2.24) is 4.57 Å². The van der Waals surface area contributed by atoms with Gasteiger partial charge >= 0.3 is 6.09 Å². The smallest absolute Gasteiger partial charge is 0.412 e. The molecule has 3 N–H and O–H groups in total. The standard InChI is InChI=1S/C16H27N3O3/c1-15(2,3)8-10-9-18(7)12(13(17)20)11(10)19(14(21)22)16(4,5)6/h9H,8H2,1-7H3,(H2,17,20)(H,21,22). The van der Waals surface area contributed by atoms with Crippen LogP contribution in [-0.2, 0) is 13.5 Å². The molecule has 0 saturated carbocycles. The summed E-state index contributed by atoms with van der Waals surface area (Å²) in [6.07, 6.45) is 1.34. The van der Waals surface area contributed by atoms with Gasteiger partial charge in [0.2, 0.25) is 0 Å². The molecule has 0 aromatic carbocycles. The second-order valence-corrected chi connectivity index (χ2v) is 7.85. The van der Waals surface area contributed by atoms with E-state index < -0.39 is 17.5 Å². The summed E-state index contributed by atoms with van der Waals surface area (Å²) >= 11 is 0. The number of hydrogen-bond acceptors (Lipinski definition) is 2. The van der Waals surface area contributed by atoms with E-state index in [1.165, 1.54) is 4.90 Å². The van der Waals surface area contributed by atoms with Crippen molar-refractivity contribution in [2.24, 2.45) is 18.2 Å². The Balaban J connectivity index is 3.66. The van der Waals surface area contributed by atoms with Crippen molar-refractivity contribution in [3.63, 3.8) is 0 Å². The highest BCUT2D eigenvalue weighted by molar-refractivity contribution is 6.03. The van der Waals surface area contributed by atoms with E-state index in [9.17, 15) is 14.7 Å². The molecule has 124 valence electrons. The molecule has 1 heterocycles. The quantitative estimate of drug-likeness (QED) is 0.899. The molecular formula is C16H27N3O3. The number of rotatable bonds is 3. The van der Waals surface area contributed by atoms with Gasteiger partial charge in [-0.3, -0.25) is 9.69 Å². The van der Waals surface area contributed by atoms with E-state index >= 15 is 0 Å². The number of nitrogens with two attached hydrogens (primary N) is 1. The summed E-state index contributed by atoms with van der Waals surface area (Å²) in [5, 5.41) is 9.67. The van der Waals surface area contributed by atoms with Gasteiger partial charge < -0.3 is 15.4 Å². The van der Waals surface area contributed by atoms with Crippen LogP contribution in [-0.4, -0.2) is 27.2 Å². The largest absolute Gasteiger partial charge is 0.465 e. The zero-order valence-corrected chi connectivity index (χ0v) is 14.5. The second kappa shape index (κ2) is 5.66. The Kier molecular flexibility index (Phi) is 4.65. The van der Waals surface area contributed by atoms with Crippen molar-refractivity contribution >= 4 is 17.7 Å². The highest BCUT2D eigenvalue weighted by Crippen LogP contribution is 2.36. The Hall–Kier alpha value is -1.98. The molecule has 0 aliphatic rings. The van der Waals surface area contributed by atoms with Crippen LogP contribution in [0.1, 0.15) is 57.6 Å². The molecule has 1 aromatic heterocycles. The predicted molar refractivity (Wildman–Crippen MR) is 87.3 cm³/mol. The van der Waals surface area contributed by atoms with Crippen molar-refractivity contribution in [2.75, 3.05) is 4.90 Å². The molecule has 0 spiro atoms. The maximum atomic E-state index is 11.9. The molecule has 22 heavy (non-hydrogen) atoms. The predicted octanol–water partition coefficient (Wildman–Crippen LogP) is 3.00. The Labute approximate surface area is 131 Å². The van der Waals surface area contributed by atoms with E-state index in [1.54, 1.807) is 38.6 Å². The number of carbonyl (C=O) groups is 2. The first-order chi connectivity index (χ1) is 9.75. The van der Waals surface area contributed by atoms with E-state index in [-0.39, 0.29) is 11.1 Å². The van der Waals surface area contributed by atoms with E-state index in [1.807, 2.05) is 0 Å². The van der Waals surface area contributed by atoms with Crippen molar-refractivity contribution in [2.45, 2.75) is 53.5 Å². The van der Waals surface area contributed by atoms with Crippen molar-refractivity contribution < 1.29 is 14.7 Å². The summed E-state index contributed by atoms with van der Waals surface area (Å²) in [6.45, 7) is 11.6. The van der Waals surface area contributed by atoms with Crippen LogP contribution in [0.25, 0.3) is 0 Å². The number of aryl methyl sites for hydroxylation is 1. The van der Waals surface area contributed by atoms with Gasteiger partial charge in [0, 0.05) is 18.8 Å². The molecule has 1 rings (SSSR count). The van der Waals surface area contributed by atoms with Crippen molar-refractivity contribution in [3.8, 4) is 0 Å². The molecule has 0 atom stereocenters. The van der Waals surface area contributed by atoms with Crippen molar-refractivity contribution in [3.05, 3.63) is 17.5 Å². The van der Waals surface area contributed by atoms with Gasteiger partial charge in [-0.2, -0.15) is 0 Å². The first kappa shape index (κ1) is 18.1. The minimum absolute atomic E-state index is 0.0485. The fourth-order valence-corrected chi connectivity index (χ4v) is 2.64. The number of hydrogen-bond donors (Lipinski definition) is 2. The number of anilines is 1. The molecule has 0 aliphatic carbocycles. The normalized spacial score (nSPS) is 12.3. The first-order valence-electron chi connectivity index (χ1n) is 7.27. The zero-order chi connectivity index (χ0) is 17.5. The topological polar surface area (TPSA) is 88.6 Å². The van der Waals surface area contributed by atoms with Gasteiger partial charge in [0.15, 0.2) is 0 Å². The lowest BCUT2D eigenvalue weighted by Crippen LogP contribution is -2.46. The van der Waals surface area contributed by atoms with E-state index in [4.69, 9.17) is 5.73 Å². The van der Waals surface area contributed by atoms with E-state index in [0.29, 0.717) is 12.1 Å². The van der Waals surface area contributed by atoms with Gasteiger partial charge in [-0.15, -0.1) is 0 Å². The summed E-state index contributed by atoms with van der Waals surface area (Å²) in [7, 11) is 1.71. The molecule has 2 amide bonds. The fraction of sp³-hybridized carbons (Fsp3) is 0.625. The summed E-state index contributed by atoms with van der Waals surface area (Å²) in [6, 6.07) is 0. The number of aromatic nitrogens is 1. The van der Waals surface area contributed by atoms with Crippen LogP contribution in [0.3, 0.4) is 0 Å². The van der Waals surface area contributed by atoms with Crippen LogP contribution < -0.4 is 10.6 Å². The van der Waals surface area contributed by atoms with Crippen LogP contribution in [0.15, 0.2) is 6.20 Å². The lowest BCUT2D eigenvalue weighted by Gasteiger charge is -2.34. The average Bonchev–Trinajstić information content (AvgIpc) is 2.49. The minimum Gasteiger partial charge on any atom is -0.465 e. The lowest BCUT2D eigenvalue weighted by atomic mass is 9.88. The summed E-state index contributed by atoms with van der Waals surface area (Å²) in [4.78, 5) is 24.9. The summed E-state index contributed by atoms with van der Waals surface area (Å²) in [5.74, 6) is -0.631. The van der Waals surface area contributed by atoms with Crippen LogP contribution in [0.2, 0.25) is 0 Å². The molecule has 0 radical (unpaired) electrons. The maximum absolute atomic E-state index is 11.9. The second-order valence-electron chi connectivity index (χ2n) is 7.85. The monoisotopic (exact) mass is 309 g/mol. The molecule has 0 fully saturated rings. The minimum atomic E-state index is -1.10. The number of amides is 2. The number of carboxylic acid groups (broad SMARTS) is 1. The van der Waals surface area contributed by atoms with E-state index in [0.717, 1.165) is 5.56 Å². The van der Waals surface area contributed by atoms with Gasteiger partial charge in [0.1, 0.15) is 5.69 Å². The van der Waals surface area contributed by atoms with Crippen LogP contribution in [0.4, 0.5) is 10.5 Å². The zero-order valence-electron chi connectivity index (χ0n) is 14.5. The highest BCUT2D eigenvalue weighted by Gasteiger charge is 2.35. The van der Waals surface area contributed by atoms with Crippen LogP contribution in [0.5, 0.6) is 0 Å². The Morgan fingerprint density at radius 3 is 2.05 bits per heavy atom. The Morgan fingerprint density at radius 1 is 1.23 bits per heavy atom. The Bertz CT molecular complexity index is 589. The third-order valence-electron chi connectivity index (χ3n) is 3.27. The van der Waals surface area contributed by atoms with Gasteiger partial charge in [0.05, 0.1) is 5.69 Å². The Morgan fingerprint density at radius 2 is 1.73 bits per heavy atom. The van der Waals surface area contributed by atoms with Gasteiger partial charge in [-0.05, 0) is 38.2 Å². The van der Waals surface area contributed by atoms with Crippen LogP contribution in [0, 0.1) is 5.41 Å². The fourth-order valence-electron chi connectivity index (χ4n) is 2.64. The molecule has 1 aromatic rings. The van der Waals surface area contributed by atoms with Gasteiger partial charge in [-0.25, -0.2) is 4.79 Å². The first-order valence-corrected chi connectivity index (χ1v) is 7.27. The molecule has 6 heteroatoms. The molecule has 0 saturated heterocycles. The highest BCUT2D eigenvalue weighted by atomic mass is 16.4. The van der Waals surface area contributed by atoms with Crippen molar-refractivity contribution in [1.29, 1.82) is 0 Å². The van der Waals surface area contributed by atoms with Gasteiger partial charge in [-0.1, -0.05) is 20.8 Å². The SMILES string of the molecule is Cn1cc(CC(C)(C)C)c(N(C(=O)O)C(C)(C)C)c1C(N)=O. The molecule has 6 nitrogen and oxygen atoms in total. The number of primary amides is 1. The third kappa shape index (κ3) is 3.81. The van der Waals surface area contributed by atoms with Crippen LogP contribution >= 0.6 is 0 Å². The summed E-state index contributed by atoms with van der Waals surface area (Å²) in [5.41, 5.74) is 6.17. The average molecular weight is 309 g/mol.